The minimum atomic E-state index is -0.954. The van der Waals surface area contributed by atoms with Gasteiger partial charge < -0.3 is 14.9 Å². The summed E-state index contributed by atoms with van der Waals surface area (Å²) in [5, 5.41) is 21.4. The molecule has 3 N–H and O–H groups in total. The van der Waals surface area contributed by atoms with E-state index in [4.69, 9.17) is 9.84 Å². The number of hydrogen-bond donors (Lipinski definition) is 3. The van der Waals surface area contributed by atoms with Crippen molar-refractivity contribution >= 4 is 5.97 Å². The molecule has 1 heterocycles. The lowest BCUT2D eigenvalue weighted by Gasteiger charge is -2.40. The number of hydrogen-bond acceptors (Lipinski definition) is 4. The highest BCUT2D eigenvalue weighted by Gasteiger charge is 2.43. The van der Waals surface area contributed by atoms with E-state index in [-0.39, 0.29) is 6.61 Å². The maximum absolute atomic E-state index is 11.3. The van der Waals surface area contributed by atoms with Crippen LogP contribution in [-0.2, 0) is 9.53 Å². The third-order valence-corrected chi connectivity index (χ3v) is 2.73. The van der Waals surface area contributed by atoms with E-state index in [1.807, 2.05) is 0 Å². The molecule has 1 rings (SSSR count). The molecule has 88 valence electrons. The van der Waals surface area contributed by atoms with Gasteiger partial charge in [-0.1, -0.05) is 0 Å². The second-order valence-corrected chi connectivity index (χ2v) is 4.67. The van der Waals surface area contributed by atoms with Crippen molar-refractivity contribution in [2.24, 2.45) is 0 Å². The third kappa shape index (κ3) is 2.90. The Hall–Kier alpha value is -0.650. The number of ether oxygens (including phenoxy) is 1. The van der Waals surface area contributed by atoms with E-state index in [2.05, 4.69) is 5.32 Å². The summed E-state index contributed by atoms with van der Waals surface area (Å²) >= 11 is 0. The zero-order valence-corrected chi connectivity index (χ0v) is 9.25. The zero-order valence-electron chi connectivity index (χ0n) is 9.25. The van der Waals surface area contributed by atoms with Crippen molar-refractivity contribution in [3.63, 3.8) is 0 Å². The van der Waals surface area contributed by atoms with Crippen LogP contribution in [0.15, 0.2) is 0 Å². The van der Waals surface area contributed by atoms with E-state index in [1.165, 1.54) is 0 Å². The van der Waals surface area contributed by atoms with Crippen LogP contribution in [0, 0.1) is 0 Å². The number of rotatable bonds is 4. The molecule has 0 saturated carbocycles. The van der Waals surface area contributed by atoms with Gasteiger partial charge in [-0.05, 0) is 26.7 Å². The fraction of sp³-hybridized carbons (Fsp3) is 0.900. The second-order valence-electron chi connectivity index (χ2n) is 4.67. The van der Waals surface area contributed by atoms with Crippen molar-refractivity contribution in [1.29, 1.82) is 0 Å². The van der Waals surface area contributed by atoms with Crippen LogP contribution in [0.2, 0.25) is 0 Å². The van der Waals surface area contributed by atoms with Crippen LogP contribution < -0.4 is 5.32 Å². The second kappa shape index (κ2) is 4.47. The number of carboxylic acid groups (broad SMARTS) is 1. The molecule has 1 fully saturated rings. The number of aliphatic hydroxyl groups excluding tert-OH is 1. The molecule has 0 atom stereocenters. The summed E-state index contributed by atoms with van der Waals surface area (Å²) in [6.45, 7) is 4.37. The highest BCUT2D eigenvalue weighted by molar-refractivity contribution is 5.79. The fourth-order valence-corrected chi connectivity index (χ4v) is 1.80. The van der Waals surface area contributed by atoms with Crippen molar-refractivity contribution in [1.82, 2.24) is 5.32 Å². The predicted octanol–water partition coefficient (Wildman–Crippen LogP) is -0.0193. The van der Waals surface area contributed by atoms with Gasteiger partial charge in [-0.2, -0.15) is 0 Å². The van der Waals surface area contributed by atoms with Crippen LogP contribution >= 0.6 is 0 Å². The van der Waals surface area contributed by atoms with Crippen molar-refractivity contribution in [3.8, 4) is 0 Å². The van der Waals surface area contributed by atoms with Crippen LogP contribution in [-0.4, -0.2) is 47.1 Å². The van der Waals surface area contributed by atoms with Gasteiger partial charge in [-0.15, -0.1) is 0 Å². The fourth-order valence-electron chi connectivity index (χ4n) is 1.80. The van der Waals surface area contributed by atoms with Gasteiger partial charge in [0.2, 0.25) is 0 Å². The number of carbonyl (C=O) groups is 1. The Balaban J connectivity index is 2.77. The topological polar surface area (TPSA) is 78.8 Å². The lowest BCUT2D eigenvalue weighted by molar-refractivity contribution is -0.150. The molecule has 0 unspecified atom stereocenters. The molecule has 0 amide bonds. The van der Waals surface area contributed by atoms with E-state index in [9.17, 15) is 9.90 Å². The summed E-state index contributed by atoms with van der Waals surface area (Å²) in [4.78, 5) is 11.3. The molecule has 0 aromatic rings. The first-order valence-corrected chi connectivity index (χ1v) is 5.13. The first-order chi connectivity index (χ1) is 6.92. The SMILES string of the molecule is CC(C)(CO)NC1(C(=O)O)CCOCC1. The largest absolute Gasteiger partial charge is 0.480 e. The first kappa shape index (κ1) is 12.4. The van der Waals surface area contributed by atoms with Gasteiger partial charge in [0.1, 0.15) is 5.54 Å². The Labute approximate surface area is 89.4 Å². The maximum Gasteiger partial charge on any atom is 0.324 e. The van der Waals surface area contributed by atoms with Gasteiger partial charge in [0, 0.05) is 18.8 Å². The van der Waals surface area contributed by atoms with Gasteiger partial charge in [0.25, 0.3) is 0 Å². The average Bonchev–Trinajstić information content (AvgIpc) is 2.18. The van der Waals surface area contributed by atoms with E-state index >= 15 is 0 Å². The van der Waals surface area contributed by atoms with Crippen molar-refractivity contribution in [2.75, 3.05) is 19.8 Å². The minimum Gasteiger partial charge on any atom is -0.480 e. The molecule has 1 saturated heterocycles. The molecule has 0 bridgehead atoms. The molecular formula is C10H19NO4. The van der Waals surface area contributed by atoms with E-state index in [0.29, 0.717) is 26.1 Å². The monoisotopic (exact) mass is 217 g/mol. The van der Waals surface area contributed by atoms with Crippen molar-refractivity contribution < 1.29 is 19.7 Å². The van der Waals surface area contributed by atoms with Gasteiger partial charge in [0.15, 0.2) is 0 Å². The molecule has 15 heavy (non-hydrogen) atoms. The number of carboxylic acids is 1. The Morgan fingerprint density at radius 3 is 2.40 bits per heavy atom. The predicted molar refractivity (Wildman–Crippen MR) is 54.7 cm³/mol. The van der Waals surface area contributed by atoms with E-state index in [0.717, 1.165) is 0 Å². The molecular weight excluding hydrogens is 198 g/mol. The lowest BCUT2D eigenvalue weighted by atomic mass is 9.87. The molecule has 5 nitrogen and oxygen atoms in total. The minimum absolute atomic E-state index is 0.0944. The van der Waals surface area contributed by atoms with Crippen LogP contribution in [0.5, 0.6) is 0 Å². The highest BCUT2D eigenvalue weighted by Crippen LogP contribution is 2.24. The van der Waals surface area contributed by atoms with Gasteiger partial charge in [0.05, 0.1) is 6.61 Å². The molecule has 1 aliphatic heterocycles. The Morgan fingerprint density at radius 2 is 2.00 bits per heavy atom. The highest BCUT2D eigenvalue weighted by atomic mass is 16.5. The normalized spacial score (nSPS) is 21.3. The Bertz CT molecular complexity index is 234. The van der Waals surface area contributed by atoms with Crippen molar-refractivity contribution in [3.05, 3.63) is 0 Å². The molecule has 0 radical (unpaired) electrons. The van der Waals surface area contributed by atoms with Crippen LogP contribution in [0.1, 0.15) is 26.7 Å². The summed E-state index contributed by atoms with van der Waals surface area (Å²) in [6.07, 6.45) is 0.873. The number of aliphatic carboxylic acids is 1. The van der Waals surface area contributed by atoms with Crippen LogP contribution in [0.25, 0.3) is 0 Å². The summed E-state index contributed by atoms with van der Waals surface area (Å²) in [7, 11) is 0. The first-order valence-electron chi connectivity index (χ1n) is 5.13. The van der Waals surface area contributed by atoms with Gasteiger partial charge in [-0.3, -0.25) is 10.1 Å². The summed E-state index contributed by atoms with van der Waals surface area (Å²) in [5.41, 5.74) is -1.54. The molecule has 0 aromatic heterocycles. The summed E-state index contributed by atoms with van der Waals surface area (Å²) < 4.78 is 5.16. The maximum atomic E-state index is 11.3. The van der Waals surface area contributed by atoms with Gasteiger partial charge >= 0.3 is 5.97 Å². The number of nitrogens with one attached hydrogen (secondary N) is 1. The average molecular weight is 217 g/mol. The molecule has 0 aliphatic carbocycles. The third-order valence-electron chi connectivity index (χ3n) is 2.73. The lowest BCUT2D eigenvalue weighted by Crippen LogP contribution is -2.63. The summed E-state index contributed by atoms with van der Waals surface area (Å²) in [6, 6.07) is 0. The molecule has 0 spiro atoms. The molecule has 5 heteroatoms. The standard InChI is InChI=1S/C10H19NO4/c1-9(2,7-12)11-10(8(13)14)3-5-15-6-4-10/h11-12H,3-7H2,1-2H3,(H,13,14). The Morgan fingerprint density at radius 1 is 1.47 bits per heavy atom. The zero-order chi connectivity index (χ0) is 11.5. The summed E-state index contributed by atoms with van der Waals surface area (Å²) in [5.74, 6) is -0.868. The van der Waals surface area contributed by atoms with Crippen LogP contribution in [0.3, 0.4) is 0 Å². The van der Waals surface area contributed by atoms with Crippen LogP contribution in [0.4, 0.5) is 0 Å². The van der Waals surface area contributed by atoms with E-state index in [1.54, 1.807) is 13.8 Å². The number of aliphatic hydroxyl groups is 1. The molecule has 0 aromatic carbocycles. The molecule has 1 aliphatic rings. The quantitative estimate of drug-likeness (QED) is 0.617. The smallest absolute Gasteiger partial charge is 0.324 e. The van der Waals surface area contributed by atoms with Crippen molar-refractivity contribution in [2.45, 2.75) is 37.8 Å². The van der Waals surface area contributed by atoms with E-state index < -0.39 is 17.0 Å². The van der Waals surface area contributed by atoms with Gasteiger partial charge in [-0.25, -0.2) is 0 Å². The Kier molecular flexibility index (Phi) is 3.70.